The minimum Gasteiger partial charge on any atom is -0.431 e. The number of hydrogen-bond acceptors (Lipinski definition) is 8. The quantitative estimate of drug-likeness (QED) is 0.451. The van der Waals surface area contributed by atoms with E-state index >= 15 is 0 Å². The smallest absolute Gasteiger partial charge is 0.335 e. The summed E-state index contributed by atoms with van der Waals surface area (Å²) >= 11 is 0. The Labute approximate surface area is 217 Å². The predicted octanol–water partition coefficient (Wildman–Crippen LogP) is 2.59. The molecule has 1 aromatic rings. The van der Waals surface area contributed by atoms with Crippen molar-refractivity contribution in [2.45, 2.75) is 107 Å². The molecule has 0 radical (unpaired) electrons. The predicted molar refractivity (Wildman–Crippen MR) is 135 cm³/mol. The number of ether oxygens (including phenoxy) is 2. The molecular formula is C29H41NO7. The van der Waals surface area contributed by atoms with Gasteiger partial charge in [-0.2, -0.15) is 0 Å². The molecule has 37 heavy (non-hydrogen) atoms. The Kier molecular flexibility index (Phi) is 6.25. The van der Waals surface area contributed by atoms with Gasteiger partial charge in [0.2, 0.25) is 0 Å². The first kappa shape index (κ1) is 25.7. The molecule has 5 aliphatic rings. The molecule has 0 aromatic carbocycles. The summed E-state index contributed by atoms with van der Waals surface area (Å²) in [5.74, 6) is 0.809. The molecule has 3 saturated carbocycles. The fraction of sp³-hybridized carbons (Fsp3) is 0.759. The van der Waals surface area contributed by atoms with Gasteiger partial charge >= 0.3 is 5.63 Å². The van der Waals surface area contributed by atoms with Gasteiger partial charge in [0.25, 0.3) is 0 Å². The van der Waals surface area contributed by atoms with Crippen molar-refractivity contribution in [2.24, 2.45) is 28.4 Å². The third-order valence-electron chi connectivity index (χ3n) is 11.2. The number of aliphatic hydroxyl groups is 3. The van der Waals surface area contributed by atoms with Gasteiger partial charge in [-0.3, -0.25) is 0 Å². The molecule has 1 aromatic heterocycles. The van der Waals surface area contributed by atoms with Crippen molar-refractivity contribution < 1.29 is 29.2 Å². The van der Waals surface area contributed by atoms with Crippen molar-refractivity contribution in [1.82, 2.24) is 0 Å². The van der Waals surface area contributed by atoms with Crippen molar-refractivity contribution in [3.63, 3.8) is 0 Å². The highest BCUT2D eigenvalue weighted by Crippen LogP contribution is 2.70. The normalized spacial score (nSPS) is 49.5. The highest BCUT2D eigenvalue weighted by molar-refractivity contribution is 5.31. The fourth-order valence-electron chi connectivity index (χ4n) is 8.98. The monoisotopic (exact) mass is 515 g/mol. The van der Waals surface area contributed by atoms with E-state index in [0.29, 0.717) is 5.92 Å². The third-order valence-corrected chi connectivity index (χ3v) is 11.2. The van der Waals surface area contributed by atoms with Crippen LogP contribution in [0.4, 0.5) is 0 Å². The summed E-state index contributed by atoms with van der Waals surface area (Å²) in [4.78, 5) is 11.5. The van der Waals surface area contributed by atoms with Crippen molar-refractivity contribution in [1.29, 1.82) is 0 Å². The topological polar surface area (TPSA) is 135 Å². The minimum atomic E-state index is -1.16. The van der Waals surface area contributed by atoms with Crippen LogP contribution in [0.3, 0.4) is 0 Å². The van der Waals surface area contributed by atoms with Gasteiger partial charge in [0.05, 0.1) is 30.6 Å². The lowest BCUT2D eigenvalue weighted by molar-refractivity contribution is -0.259. The van der Waals surface area contributed by atoms with Gasteiger partial charge in [0.15, 0.2) is 6.29 Å². The molecular weight excluding hydrogens is 474 g/mol. The molecule has 8 nitrogen and oxygen atoms in total. The van der Waals surface area contributed by atoms with Gasteiger partial charge in [0.1, 0.15) is 12.2 Å². The molecule has 204 valence electrons. The average Bonchev–Trinajstić information content (AvgIpc) is 3.16. The Bertz CT molecular complexity index is 1100. The maximum Gasteiger partial charge on any atom is 0.335 e. The zero-order valence-corrected chi connectivity index (χ0v) is 21.8. The van der Waals surface area contributed by atoms with E-state index in [4.69, 9.17) is 19.6 Å². The van der Waals surface area contributed by atoms with Gasteiger partial charge in [-0.15, -0.1) is 0 Å². The summed E-state index contributed by atoms with van der Waals surface area (Å²) in [5.41, 5.74) is 6.88. The molecule has 4 fully saturated rings. The van der Waals surface area contributed by atoms with E-state index in [1.54, 1.807) is 6.26 Å². The summed E-state index contributed by atoms with van der Waals surface area (Å²) in [7, 11) is 0. The van der Waals surface area contributed by atoms with E-state index in [1.165, 1.54) is 11.6 Å². The molecule has 11 atom stereocenters. The molecule has 8 heteroatoms. The van der Waals surface area contributed by atoms with E-state index in [1.807, 2.05) is 6.07 Å². The fourth-order valence-corrected chi connectivity index (χ4v) is 8.98. The van der Waals surface area contributed by atoms with Gasteiger partial charge in [-0.25, -0.2) is 4.79 Å². The van der Waals surface area contributed by atoms with Crippen LogP contribution in [0.5, 0.6) is 0 Å². The summed E-state index contributed by atoms with van der Waals surface area (Å²) in [6.07, 6.45) is 7.83. The van der Waals surface area contributed by atoms with Crippen LogP contribution < -0.4 is 11.4 Å². The number of rotatable bonds is 3. The summed E-state index contributed by atoms with van der Waals surface area (Å²) in [5, 5.41) is 32.9. The van der Waals surface area contributed by atoms with Crippen molar-refractivity contribution in [2.75, 3.05) is 6.61 Å². The summed E-state index contributed by atoms with van der Waals surface area (Å²) in [6, 6.07) is 2.76. The van der Waals surface area contributed by atoms with Crippen LogP contribution in [0.25, 0.3) is 0 Å². The van der Waals surface area contributed by atoms with Crippen LogP contribution in [-0.4, -0.2) is 58.2 Å². The Balaban J connectivity index is 1.21. The largest absolute Gasteiger partial charge is 0.431 e. The van der Waals surface area contributed by atoms with Crippen molar-refractivity contribution in [3.05, 3.63) is 46.0 Å². The number of aliphatic hydroxyl groups excluding tert-OH is 2. The average molecular weight is 516 g/mol. The second-order valence-electron chi connectivity index (χ2n) is 12.8. The van der Waals surface area contributed by atoms with Gasteiger partial charge < -0.3 is 34.9 Å². The van der Waals surface area contributed by atoms with E-state index < -0.39 is 30.1 Å². The molecule has 0 amide bonds. The first-order chi connectivity index (χ1) is 17.6. The zero-order chi connectivity index (χ0) is 26.2. The van der Waals surface area contributed by atoms with Gasteiger partial charge in [-0.1, -0.05) is 25.5 Å². The lowest BCUT2D eigenvalue weighted by atomic mass is 9.45. The summed E-state index contributed by atoms with van der Waals surface area (Å²) < 4.78 is 16.9. The van der Waals surface area contributed by atoms with Crippen LogP contribution >= 0.6 is 0 Å². The van der Waals surface area contributed by atoms with Crippen LogP contribution in [0, 0.1) is 22.7 Å². The van der Waals surface area contributed by atoms with E-state index in [9.17, 15) is 20.1 Å². The molecule has 1 saturated heterocycles. The lowest BCUT2D eigenvalue weighted by Crippen LogP contribution is -2.60. The highest BCUT2D eigenvalue weighted by atomic mass is 16.7. The second-order valence-corrected chi connectivity index (χ2v) is 12.8. The van der Waals surface area contributed by atoms with Crippen molar-refractivity contribution >= 4 is 0 Å². The van der Waals surface area contributed by atoms with E-state index in [2.05, 4.69) is 19.9 Å². The number of hydrogen-bond donors (Lipinski definition) is 4. The third kappa shape index (κ3) is 3.82. The molecule has 4 unspecified atom stereocenters. The van der Waals surface area contributed by atoms with E-state index in [0.717, 1.165) is 56.9 Å². The Morgan fingerprint density at radius 1 is 1.03 bits per heavy atom. The first-order valence-electron chi connectivity index (χ1n) is 14.0. The molecule has 6 rings (SSSR count). The number of fused-ring (bicyclic) bond motifs is 5. The standard InChI is InChI=1S/C29H41NO7/c1-27-10-7-18(37-26-25(33)24(32)22(30)15-36-26)13-17(27)4-5-21-20(27)8-11-28(2)19(9-12-29(21,28)34)16-3-6-23(31)35-14-16/h3,6,13-14,18-22,24-26,32-34H,4-5,7-12,15,30H2,1-2H3/t18-,19+,20?,21?,22-,24?,25?,26+,27-,28+,29-/m0/s1. The van der Waals surface area contributed by atoms with Crippen LogP contribution in [0.15, 0.2) is 39.3 Å². The Morgan fingerprint density at radius 3 is 2.59 bits per heavy atom. The molecule has 0 bridgehead atoms. The molecule has 1 aliphatic heterocycles. The maximum atomic E-state index is 12.4. The molecule has 2 heterocycles. The Hall–Kier alpha value is -1.55. The second kappa shape index (κ2) is 9.00. The molecule has 5 N–H and O–H groups in total. The van der Waals surface area contributed by atoms with Crippen LogP contribution in [0.1, 0.15) is 76.7 Å². The van der Waals surface area contributed by atoms with Crippen molar-refractivity contribution in [3.8, 4) is 0 Å². The zero-order valence-electron chi connectivity index (χ0n) is 21.8. The van der Waals surface area contributed by atoms with Crippen LogP contribution in [0.2, 0.25) is 0 Å². The minimum absolute atomic E-state index is 0.00533. The Morgan fingerprint density at radius 2 is 1.84 bits per heavy atom. The molecule has 4 aliphatic carbocycles. The lowest BCUT2D eigenvalue weighted by Gasteiger charge is -2.62. The summed E-state index contributed by atoms with van der Waals surface area (Å²) in [6.45, 7) is 4.77. The molecule has 0 spiro atoms. The van der Waals surface area contributed by atoms with Gasteiger partial charge in [-0.05, 0) is 86.2 Å². The van der Waals surface area contributed by atoms with Crippen LogP contribution in [-0.2, 0) is 9.47 Å². The highest BCUT2D eigenvalue weighted by Gasteiger charge is 2.66. The number of allylic oxidation sites excluding steroid dienone is 1. The number of nitrogens with two attached hydrogens (primary N) is 1. The first-order valence-corrected chi connectivity index (χ1v) is 14.0. The maximum absolute atomic E-state index is 12.4. The SMILES string of the molecule is C[C@]12CC[C@H](O[C@H]3OC[C@H](N)C(O)C3O)C=C1CCC1C2CC[C@]2(C)[C@@H](c3ccc(=O)oc3)CC[C@]12O. The van der Waals surface area contributed by atoms with E-state index in [-0.39, 0.29) is 41.0 Å². The van der Waals surface area contributed by atoms with Gasteiger partial charge in [0, 0.05) is 11.5 Å².